The van der Waals surface area contributed by atoms with Crippen molar-refractivity contribution in [1.29, 1.82) is 0 Å². The van der Waals surface area contributed by atoms with Crippen LogP contribution in [0.3, 0.4) is 0 Å². The van der Waals surface area contributed by atoms with Crippen molar-refractivity contribution in [2.75, 3.05) is 13.1 Å². The van der Waals surface area contributed by atoms with Gasteiger partial charge in [-0.25, -0.2) is 0 Å². The Morgan fingerprint density at radius 2 is 2.00 bits per heavy atom. The normalized spacial score (nSPS) is 29.2. The highest BCUT2D eigenvalue weighted by Crippen LogP contribution is 2.23. The van der Waals surface area contributed by atoms with Crippen LogP contribution in [0.4, 0.5) is 0 Å². The van der Waals surface area contributed by atoms with E-state index in [1.165, 1.54) is 5.54 Å². The molecule has 0 saturated heterocycles. The number of aliphatic hydroxyl groups is 1. The minimum Gasteiger partial charge on any atom is -0.393 e. The Hall–Kier alpha value is 0.240. The maximum Gasteiger partial charge on any atom is 0.0540 e. The zero-order valence-electron chi connectivity index (χ0n) is 8.18. The molecule has 0 spiro atoms. The van der Waals surface area contributed by atoms with Crippen molar-refractivity contribution in [3.05, 3.63) is 10.6 Å². The van der Waals surface area contributed by atoms with Crippen LogP contribution in [0.25, 0.3) is 0 Å². The lowest BCUT2D eigenvalue weighted by Crippen LogP contribution is -2.28. The Kier molecular flexibility index (Phi) is 5.87. The third kappa shape index (κ3) is 4.65. The summed E-state index contributed by atoms with van der Waals surface area (Å²) in [7, 11) is 0. The van der Waals surface area contributed by atoms with E-state index in [0.717, 1.165) is 32.2 Å². The summed E-state index contributed by atoms with van der Waals surface area (Å²) in [6.07, 6.45) is 4.02. The zero-order valence-corrected chi connectivity index (χ0v) is 9.69. The summed E-state index contributed by atoms with van der Waals surface area (Å²) in [6, 6.07) is 0. The van der Waals surface area contributed by atoms with Crippen LogP contribution in [0.1, 0.15) is 25.7 Å². The second-order valence-corrected chi connectivity index (χ2v) is 4.57. The molecule has 2 nitrogen and oxygen atoms in total. The van der Waals surface area contributed by atoms with Crippen LogP contribution < -0.4 is 5.32 Å². The van der Waals surface area contributed by atoms with Gasteiger partial charge in [-0.1, -0.05) is 23.2 Å². The van der Waals surface area contributed by atoms with Crippen molar-refractivity contribution >= 4 is 23.2 Å². The second kappa shape index (κ2) is 6.67. The quantitative estimate of drug-likeness (QED) is 0.788. The molecule has 1 aliphatic carbocycles. The molecule has 14 heavy (non-hydrogen) atoms. The lowest BCUT2D eigenvalue weighted by molar-refractivity contribution is 0.108. The average molecular weight is 238 g/mol. The van der Waals surface area contributed by atoms with Crippen molar-refractivity contribution < 1.29 is 5.11 Å². The van der Waals surface area contributed by atoms with Crippen LogP contribution in [0.5, 0.6) is 0 Å². The van der Waals surface area contributed by atoms with Crippen molar-refractivity contribution in [2.45, 2.75) is 31.8 Å². The molecular weight excluding hydrogens is 221 g/mol. The van der Waals surface area contributed by atoms with Crippen LogP contribution in [0.2, 0.25) is 0 Å². The van der Waals surface area contributed by atoms with Gasteiger partial charge in [0.2, 0.25) is 0 Å². The van der Waals surface area contributed by atoms with E-state index in [1.54, 1.807) is 0 Å². The molecule has 1 rings (SSSR count). The highest BCUT2D eigenvalue weighted by atomic mass is 35.5. The first-order chi connectivity index (χ1) is 6.72. The Morgan fingerprint density at radius 3 is 2.57 bits per heavy atom. The summed E-state index contributed by atoms with van der Waals surface area (Å²) in [6.45, 7) is 1.61. The van der Waals surface area contributed by atoms with E-state index in [2.05, 4.69) is 5.32 Å². The summed E-state index contributed by atoms with van der Waals surface area (Å²) in [5.41, 5.74) is 1.39. The third-order valence-corrected chi connectivity index (χ3v) is 3.28. The fraction of sp³-hybridized carbons (Fsp3) is 0.800. The molecule has 4 heteroatoms. The van der Waals surface area contributed by atoms with Crippen molar-refractivity contribution in [3.63, 3.8) is 0 Å². The standard InChI is InChI=1S/C10H17Cl2NO/c11-5-9(12)7-13-6-8-1-3-10(14)4-2-8/h5,8,10,13-14H,1-4,6-7H2. The molecule has 2 N–H and O–H groups in total. The Morgan fingerprint density at radius 1 is 1.36 bits per heavy atom. The van der Waals surface area contributed by atoms with Gasteiger partial charge in [-0.05, 0) is 38.1 Å². The van der Waals surface area contributed by atoms with E-state index in [1.807, 2.05) is 0 Å². The Balaban J connectivity index is 2.07. The van der Waals surface area contributed by atoms with Crippen LogP contribution in [-0.2, 0) is 0 Å². The SMILES string of the molecule is OC1CCC(CNCC(Cl)=CCl)CC1. The molecule has 0 heterocycles. The van der Waals surface area contributed by atoms with Gasteiger partial charge in [-0.15, -0.1) is 0 Å². The first kappa shape index (κ1) is 12.3. The van der Waals surface area contributed by atoms with Gasteiger partial charge in [-0.3, -0.25) is 0 Å². The van der Waals surface area contributed by atoms with Gasteiger partial charge < -0.3 is 10.4 Å². The van der Waals surface area contributed by atoms with E-state index < -0.39 is 0 Å². The topological polar surface area (TPSA) is 32.3 Å². The Bertz CT molecular complexity index is 189. The van der Waals surface area contributed by atoms with E-state index in [4.69, 9.17) is 23.2 Å². The molecule has 0 bridgehead atoms. The summed E-state index contributed by atoms with van der Waals surface area (Å²) in [4.78, 5) is 0. The number of hydrogen-bond acceptors (Lipinski definition) is 2. The van der Waals surface area contributed by atoms with E-state index in [0.29, 0.717) is 17.5 Å². The molecule has 0 aromatic rings. The van der Waals surface area contributed by atoms with Gasteiger partial charge in [0.25, 0.3) is 0 Å². The monoisotopic (exact) mass is 237 g/mol. The highest BCUT2D eigenvalue weighted by Gasteiger charge is 2.18. The summed E-state index contributed by atoms with van der Waals surface area (Å²) in [5.74, 6) is 0.679. The summed E-state index contributed by atoms with van der Waals surface area (Å²) < 4.78 is 0. The van der Waals surface area contributed by atoms with Crippen molar-refractivity contribution in [1.82, 2.24) is 5.32 Å². The number of rotatable bonds is 4. The summed E-state index contributed by atoms with van der Waals surface area (Å²) in [5, 5.41) is 13.2. The average Bonchev–Trinajstić information content (AvgIpc) is 2.21. The minimum absolute atomic E-state index is 0.0717. The van der Waals surface area contributed by atoms with E-state index in [9.17, 15) is 5.11 Å². The first-order valence-corrected chi connectivity index (χ1v) is 5.87. The Labute approximate surface area is 95.3 Å². The molecule has 0 radical (unpaired) electrons. The van der Waals surface area contributed by atoms with Crippen LogP contribution in [-0.4, -0.2) is 24.3 Å². The van der Waals surface area contributed by atoms with Gasteiger partial charge in [-0.2, -0.15) is 0 Å². The number of hydrogen-bond donors (Lipinski definition) is 2. The summed E-state index contributed by atoms with van der Waals surface area (Å²) >= 11 is 11.2. The highest BCUT2D eigenvalue weighted by molar-refractivity contribution is 6.36. The number of aliphatic hydroxyl groups excluding tert-OH is 1. The van der Waals surface area contributed by atoms with Gasteiger partial charge >= 0.3 is 0 Å². The van der Waals surface area contributed by atoms with E-state index in [-0.39, 0.29) is 6.10 Å². The third-order valence-electron chi connectivity index (χ3n) is 2.66. The lowest BCUT2D eigenvalue weighted by Gasteiger charge is -2.25. The second-order valence-electron chi connectivity index (χ2n) is 3.86. The van der Waals surface area contributed by atoms with Crippen molar-refractivity contribution in [2.24, 2.45) is 5.92 Å². The molecule has 0 aliphatic heterocycles. The maximum absolute atomic E-state index is 9.31. The lowest BCUT2D eigenvalue weighted by atomic mass is 9.87. The molecule has 1 fully saturated rings. The molecule has 1 aliphatic rings. The molecule has 0 atom stereocenters. The van der Waals surface area contributed by atoms with Gasteiger partial charge in [0.05, 0.1) is 6.10 Å². The largest absolute Gasteiger partial charge is 0.393 e. The molecule has 82 valence electrons. The van der Waals surface area contributed by atoms with Crippen LogP contribution in [0.15, 0.2) is 10.6 Å². The predicted octanol–water partition coefficient (Wildman–Crippen LogP) is 2.45. The maximum atomic E-state index is 9.31. The molecule has 1 saturated carbocycles. The van der Waals surface area contributed by atoms with E-state index >= 15 is 0 Å². The molecule has 0 aromatic carbocycles. The van der Waals surface area contributed by atoms with Gasteiger partial charge in [0, 0.05) is 17.1 Å². The van der Waals surface area contributed by atoms with Gasteiger partial charge in [0.1, 0.15) is 0 Å². The predicted molar refractivity (Wildman–Crippen MR) is 60.6 cm³/mol. The number of halogens is 2. The van der Waals surface area contributed by atoms with Gasteiger partial charge in [0.15, 0.2) is 0 Å². The smallest absolute Gasteiger partial charge is 0.0540 e. The van der Waals surface area contributed by atoms with Crippen molar-refractivity contribution in [3.8, 4) is 0 Å². The number of nitrogens with one attached hydrogen (secondary N) is 1. The molecule has 0 amide bonds. The van der Waals surface area contributed by atoms with Crippen LogP contribution >= 0.6 is 23.2 Å². The zero-order chi connectivity index (χ0) is 10.4. The molecule has 0 aromatic heterocycles. The first-order valence-electron chi connectivity index (χ1n) is 5.06. The molecule has 0 unspecified atom stereocenters. The molecular formula is C10H17Cl2NO. The fourth-order valence-corrected chi connectivity index (χ4v) is 1.95. The fourth-order valence-electron chi connectivity index (χ4n) is 1.78. The minimum atomic E-state index is -0.0717. The van der Waals surface area contributed by atoms with Crippen LogP contribution in [0, 0.1) is 5.92 Å².